The van der Waals surface area contributed by atoms with Crippen molar-refractivity contribution in [1.82, 2.24) is 9.55 Å². The second-order valence-electron chi connectivity index (χ2n) is 6.10. The summed E-state index contributed by atoms with van der Waals surface area (Å²) in [7, 11) is 0. The van der Waals surface area contributed by atoms with Gasteiger partial charge in [-0.25, -0.2) is 9.79 Å². The Hall–Kier alpha value is -2.84. The number of nitrogens with zero attached hydrogens (tertiary/aromatic N) is 3. The molecule has 1 aliphatic heterocycles. The molecule has 0 radical (unpaired) electrons. The number of carbonyl (C=O) groups is 1. The van der Waals surface area contributed by atoms with Gasteiger partial charge in [0.05, 0.1) is 22.4 Å². The van der Waals surface area contributed by atoms with Gasteiger partial charge < -0.3 is 4.74 Å². The van der Waals surface area contributed by atoms with Gasteiger partial charge in [-0.15, -0.1) is 11.3 Å². The van der Waals surface area contributed by atoms with Crippen molar-refractivity contribution in [2.45, 2.75) is 19.9 Å². The number of carbonyl (C=O) groups excluding carboxylic acids is 1. The van der Waals surface area contributed by atoms with Crippen molar-refractivity contribution in [3.05, 3.63) is 83.4 Å². The number of pyridine rings is 1. The number of hydrogen-bond donors (Lipinski definition) is 0. The number of allylic oxidation sites excluding steroid dienone is 1. The molecular weight excluding hydrogens is 394 g/mol. The zero-order valence-corrected chi connectivity index (χ0v) is 16.9. The molecule has 0 bridgehead atoms. The molecule has 0 spiro atoms. The quantitative estimate of drug-likeness (QED) is 0.618. The normalized spacial score (nSPS) is 16.6. The van der Waals surface area contributed by atoms with Crippen LogP contribution < -0.4 is 14.9 Å². The van der Waals surface area contributed by atoms with Crippen LogP contribution >= 0.6 is 22.7 Å². The summed E-state index contributed by atoms with van der Waals surface area (Å²) in [6.45, 7) is 3.81. The molecule has 3 aromatic rings. The highest BCUT2D eigenvalue weighted by molar-refractivity contribution is 7.10. The summed E-state index contributed by atoms with van der Waals surface area (Å²) >= 11 is 2.80. The predicted molar refractivity (Wildman–Crippen MR) is 109 cm³/mol. The van der Waals surface area contributed by atoms with Gasteiger partial charge in [0, 0.05) is 17.3 Å². The van der Waals surface area contributed by atoms with Crippen LogP contribution in [0.1, 0.15) is 30.3 Å². The van der Waals surface area contributed by atoms with Crippen LogP contribution in [-0.4, -0.2) is 22.1 Å². The molecule has 28 heavy (non-hydrogen) atoms. The molecule has 3 aromatic heterocycles. The smallest absolute Gasteiger partial charge is 0.338 e. The van der Waals surface area contributed by atoms with Crippen LogP contribution in [-0.2, 0) is 9.53 Å². The molecule has 0 unspecified atom stereocenters. The maximum atomic E-state index is 13.2. The highest BCUT2D eigenvalue weighted by Crippen LogP contribution is 2.33. The third-order valence-corrected chi connectivity index (χ3v) is 6.22. The van der Waals surface area contributed by atoms with Crippen molar-refractivity contribution in [3.63, 3.8) is 0 Å². The van der Waals surface area contributed by atoms with Crippen LogP contribution in [0, 0.1) is 0 Å². The number of thiazole rings is 1. The number of rotatable bonds is 4. The molecule has 0 amide bonds. The maximum absolute atomic E-state index is 13.2. The monoisotopic (exact) mass is 411 g/mol. The zero-order chi connectivity index (χ0) is 19.7. The van der Waals surface area contributed by atoms with E-state index in [1.807, 2.05) is 29.6 Å². The van der Waals surface area contributed by atoms with E-state index < -0.39 is 12.0 Å². The lowest BCUT2D eigenvalue weighted by Gasteiger charge is -2.23. The van der Waals surface area contributed by atoms with Crippen molar-refractivity contribution >= 4 is 34.7 Å². The second-order valence-corrected chi connectivity index (χ2v) is 8.09. The topological polar surface area (TPSA) is 73.6 Å². The molecule has 1 aliphatic rings. The number of ether oxygens (including phenoxy) is 1. The SMILES string of the molecule is CCOC(=O)C1=C(C)N=c2s/c(=C/c3cccnc3)c(=O)n2[C@@H]1c1cccs1. The zero-order valence-electron chi connectivity index (χ0n) is 15.3. The molecule has 0 N–H and O–H groups in total. The van der Waals surface area contributed by atoms with E-state index in [-0.39, 0.29) is 12.2 Å². The van der Waals surface area contributed by atoms with Crippen molar-refractivity contribution < 1.29 is 9.53 Å². The van der Waals surface area contributed by atoms with Crippen LogP contribution in [0.2, 0.25) is 0 Å². The molecule has 0 saturated carbocycles. The van der Waals surface area contributed by atoms with E-state index in [9.17, 15) is 9.59 Å². The van der Waals surface area contributed by atoms with Crippen molar-refractivity contribution in [3.8, 4) is 0 Å². The number of hydrogen-bond acceptors (Lipinski definition) is 7. The maximum Gasteiger partial charge on any atom is 0.338 e. The summed E-state index contributed by atoms with van der Waals surface area (Å²) in [5, 5.41) is 1.93. The van der Waals surface area contributed by atoms with Gasteiger partial charge in [-0.3, -0.25) is 14.3 Å². The number of thiophene rings is 1. The average Bonchev–Trinajstić information content (AvgIpc) is 3.31. The third kappa shape index (κ3) is 3.25. The third-order valence-electron chi connectivity index (χ3n) is 4.31. The molecule has 0 fully saturated rings. The summed E-state index contributed by atoms with van der Waals surface area (Å²) < 4.78 is 7.40. The Labute approximate surface area is 168 Å². The minimum atomic E-state index is -0.536. The highest BCUT2D eigenvalue weighted by Gasteiger charge is 2.33. The molecule has 0 saturated heterocycles. The second kappa shape index (κ2) is 7.65. The van der Waals surface area contributed by atoms with Gasteiger partial charge in [0.2, 0.25) is 0 Å². The van der Waals surface area contributed by atoms with Gasteiger partial charge in [0.25, 0.3) is 5.56 Å². The predicted octanol–water partition coefficient (Wildman–Crippen LogP) is 2.25. The summed E-state index contributed by atoms with van der Waals surface area (Å²) in [4.78, 5) is 36.0. The Morgan fingerprint density at radius 3 is 2.89 bits per heavy atom. The van der Waals surface area contributed by atoms with Gasteiger partial charge in [-0.05, 0) is 43.0 Å². The molecule has 4 rings (SSSR count). The first-order chi connectivity index (χ1) is 13.6. The Kier molecular flexibility index (Phi) is 5.06. The molecule has 0 aromatic carbocycles. The van der Waals surface area contributed by atoms with E-state index in [1.54, 1.807) is 36.9 Å². The molecule has 6 nitrogen and oxygen atoms in total. The number of esters is 1. The largest absolute Gasteiger partial charge is 0.463 e. The van der Waals surface area contributed by atoms with E-state index in [1.165, 1.54) is 22.7 Å². The lowest BCUT2D eigenvalue weighted by Crippen LogP contribution is -2.39. The van der Waals surface area contributed by atoms with Crippen LogP contribution in [0.15, 0.2) is 63.1 Å². The Morgan fingerprint density at radius 2 is 2.21 bits per heavy atom. The van der Waals surface area contributed by atoms with Crippen LogP contribution in [0.5, 0.6) is 0 Å². The molecule has 8 heteroatoms. The van der Waals surface area contributed by atoms with Crippen LogP contribution in [0.3, 0.4) is 0 Å². The van der Waals surface area contributed by atoms with Gasteiger partial charge in [0.1, 0.15) is 6.04 Å². The van der Waals surface area contributed by atoms with E-state index >= 15 is 0 Å². The highest BCUT2D eigenvalue weighted by atomic mass is 32.1. The van der Waals surface area contributed by atoms with Gasteiger partial charge in [-0.1, -0.05) is 23.5 Å². The Morgan fingerprint density at radius 1 is 1.36 bits per heavy atom. The first kappa shape index (κ1) is 18.5. The van der Waals surface area contributed by atoms with E-state index in [4.69, 9.17) is 4.74 Å². The van der Waals surface area contributed by atoms with Gasteiger partial charge >= 0.3 is 5.97 Å². The van der Waals surface area contributed by atoms with E-state index in [0.29, 0.717) is 20.6 Å². The van der Waals surface area contributed by atoms with Crippen LogP contribution in [0.4, 0.5) is 0 Å². The molecule has 4 heterocycles. The molecule has 1 atom stereocenters. The van der Waals surface area contributed by atoms with Gasteiger partial charge in [-0.2, -0.15) is 0 Å². The van der Waals surface area contributed by atoms with Crippen molar-refractivity contribution in [2.24, 2.45) is 4.99 Å². The fraction of sp³-hybridized carbons (Fsp3) is 0.200. The minimum Gasteiger partial charge on any atom is -0.463 e. The molecular formula is C20H17N3O3S2. The number of aromatic nitrogens is 2. The minimum absolute atomic E-state index is 0.180. The van der Waals surface area contributed by atoms with E-state index in [0.717, 1.165) is 10.4 Å². The number of fused-ring (bicyclic) bond motifs is 1. The fourth-order valence-electron chi connectivity index (χ4n) is 3.12. The molecule has 142 valence electrons. The standard InChI is InChI=1S/C20H17N3O3S2/c1-3-26-19(25)16-12(2)22-20-23(17(16)14-7-5-9-27-14)18(24)15(28-20)10-13-6-4-8-21-11-13/h4-11,17H,3H2,1-2H3/b15-10+/t17-/m1/s1. The van der Waals surface area contributed by atoms with Crippen molar-refractivity contribution in [2.75, 3.05) is 6.61 Å². The Balaban J connectivity index is 1.95. The van der Waals surface area contributed by atoms with Gasteiger partial charge in [0.15, 0.2) is 4.80 Å². The first-order valence-electron chi connectivity index (χ1n) is 8.73. The summed E-state index contributed by atoms with van der Waals surface area (Å²) in [6.07, 6.45) is 5.18. The van der Waals surface area contributed by atoms with Crippen LogP contribution in [0.25, 0.3) is 6.08 Å². The lowest BCUT2D eigenvalue weighted by atomic mass is 10.0. The summed E-state index contributed by atoms with van der Waals surface area (Å²) in [5.74, 6) is -0.441. The van der Waals surface area contributed by atoms with E-state index in [2.05, 4.69) is 9.98 Å². The average molecular weight is 412 g/mol. The summed E-state index contributed by atoms with van der Waals surface area (Å²) in [5.41, 5.74) is 1.64. The lowest BCUT2D eigenvalue weighted by molar-refractivity contribution is -0.139. The molecule has 0 aliphatic carbocycles. The fourth-order valence-corrected chi connectivity index (χ4v) is 4.99. The van der Waals surface area contributed by atoms with Crippen molar-refractivity contribution in [1.29, 1.82) is 0 Å². The Bertz CT molecular complexity index is 1220. The summed E-state index contributed by atoms with van der Waals surface area (Å²) in [6, 6.07) is 7.00. The first-order valence-corrected chi connectivity index (χ1v) is 10.4.